The van der Waals surface area contributed by atoms with Gasteiger partial charge in [0.2, 0.25) is 11.8 Å². The van der Waals surface area contributed by atoms with Gasteiger partial charge in [0.25, 0.3) is 0 Å². The fourth-order valence-corrected chi connectivity index (χ4v) is 4.64. The quantitative estimate of drug-likeness (QED) is 0.870. The van der Waals surface area contributed by atoms with Gasteiger partial charge in [-0.05, 0) is 18.6 Å². The first-order valence-electron chi connectivity index (χ1n) is 7.31. The van der Waals surface area contributed by atoms with Gasteiger partial charge >= 0.3 is 0 Å². The predicted octanol–water partition coefficient (Wildman–Crippen LogP) is 0.343. The summed E-state index contributed by atoms with van der Waals surface area (Å²) in [6.07, 6.45) is 0.622. The minimum absolute atomic E-state index is 0.00179. The fraction of sp³-hybridized carbons (Fsp3) is 0.467. The predicted molar refractivity (Wildman–Crippen MR) is 82.1 cm³/mol. The maximum Gasteiger partial charge on any atom is 0.227 e. The lowest BCUT2D eigenvalue weighted by molar-refractivity contribution is -0.126. The summed E-state index contributed by atoms with van der Waals surface area (Å²) >= 11 is 0. The molecule has 2 saturated heterocycles. The van der Waals surface area contributed by atoms with E-state index in [0.29, 0.717) is 13.0 Å². The minimum atomic E-state index is -3.02. The van der Waals surface area contributed by atoms with Crippen molar-refractivity contribution >= 4 is 27.3 Å². The fourth-order valence-electron chi connectivity index (χ4n) is 2.97. The molecule has 3 rings (SSSR count). The van der Waals surface area contributed by atoms with E-state index in [-0.39, 0.29) is 35.8 Å². The number of amides is 2. The molecule has 2 amide bonds. The summed E-state index contributed by atoms with van der Waals surface area (Å²) in [5.41, 5.74) is 0.784. The normalized spacial score (nSPS) is 27.1. The Morgan fingerprint density at radius 2 is 1.95 bits per heavy atom. The molecule has 2 heterocycles. The number of benzene rings is 1. The maximum atomic E-state index is 12.2. The lowest BCUT2D eigenvalue weighted by atomic mass is 10.1. The van der Waals surface area contributed by atoms with Gasteiger partial charge in [-0.3, -0.25) is 9.59 Å². The zero-order valence-corrected chi connectivity index (χ0v) is 12.9. The van der Waals surface area contributed by atoms with Crippen molar-refractivity contribution in [1.29, 1.82) is 0 Å². The molecule has 0 unspecified atom stereocenters. The molecule has 22 heavy (non-hydrogen) atoms. The van der Waals surface area contributed by atoms with Crippen LogP contribution in [0.4, 0.5) is 5.69 Å². The van der Waals surface area contributed by atoms with E-state index in [1.165, 1.54) is 0 Å². The van der Waals surface area contributed by atoms with Gasteiger partial charge in [-0.1, -0.05) is 18.2 Å². The van der Waals surface area contributed by atoms with Crippen molar-refractivity contribution in [2.24, 2.45) is 5.92 Å². The SMILES string of the molecule is O=C(N[C@@H]1CCS(=O)(=O)C1)[C@H]1CC(=O)N(c2ccccc2)C1. The molecule has 0 aliphatic carbocycles. The standard InChI is InChI=1S/C15H18N2O4S/c18-14-8-11(9-17(14)13-4-2-1-3-5-13)15(19)16-12-6-7-22(20,21)10-12/h1-5,11-12H,6-10H2,(H,16,19)/t11-,12+/m0/s1. The number of carbonyl (C=O) groups excluding carboxylic acids is 2. The summed E-state index contributed by atoms with van der Waals surface area (Å²) in [4.78, 5) is 25.9. The molecular weight excluding hydrogens is 304 g/mol. The molecule has 1 aromatic rings. The highest BCUT2D eigenvalue weighted by Gasteiger charge is 2.37. The summed E-state index contributed by atoms with van der Waals surface area (Å²) in [5, 5.41) is 2.77. The lowest BCUT2D eigenvalue weighted by Crippen LogP contribution is -2.40. The van der Waals surface area contributed by atoms with Crippen molar-refractivity contribution in [2.75, 3.05) is 23.0 Å². The van der Waals surface area contributed by atoms with Crippen LogP contribution in [0.25, 0.3) is 0 Å². The van der Waals surface area contributed by atoms with Crippen LogP contribution >= 0.6 is 0 Å². The molecule has 7 heteroatoms. The van der Waals surface area contributed by atoms with Crippen LogP contribution in [-0.4, -0.2) is 44.3 Å². The van der Waals surface area contributed by atoms with Crippen LogP contribution in [0.2, 0.25) is 0 Å². The van der Waals surface area contributed by atoms with E-state index < -0.39 is 15.8 Å². The molecule has 0 spiro atoms. The summed E-state index contributed by atoms with van der Waals surface area (Å²) in [6, 6.07) is 8.91. The third-order valence-electron chi connectivity index (χ3n) is 4.14. The Hall–Kier alpha value is -1.89. The maximum absolute atomic E-state index is 12.2. The van der Waals surface area contributed by atoms with E-state index in [9.17, 15) is 18.0 Å². The Morgan fingerprint density at radius 3 is 2.59 bits per heavy atom. The van der Waals surface area contributed by atoms with E-state index in [4.69, 9.17) is 0 Å². The third-order valence-corrected chi connectivity index (χ3v) is 5.91. The zero-order valence-electron chi connectivity index (χ0n) is 12.1. The van der Waals surface area contributed by atoms with Crippen LogP contribution in [0.5, 0.6) is 0 Å². The average Bonchev–Trinajstić information content (AvgIpc) is 3.02. The molecule has 2 aliphatic heterocycles. The molecule has 0 bridgehead atoms. The first kappa shape index (κ1) is 15.0. The van der Waals surface area contributed by atoms with E-state index in [1.807, 2.05) is 30.3 Å². The minimum Gasteiger partial charge on any atom is -0.352 e. The highest BCUT2D eigenvalue weighted by atomic mass is 32.2. The van der Waals surface area contributed by atoms with E-state index in [2.05, 4.69) is 5.32 Å². The monoisotopic (exact) mass is 322 g/mol. The summed E-state index contributed by atoms with van der Waals surface area (Å²) in [7, 11) is -3.02. The van der Waals surface area contributed by atoms with Gasteiger partial charge in [0.05, 0.1) is 17.4 Å². The molecule has 2 atom stereocenters. The first-order chi connectivity index (χ1) is 10.4. The second kappa shape index (κ2) is 5.72. The van der Waals surface area contributed by atoms with Gasteiger partial charge in [0.1, 0.15) is 0 Å². The van der Waals surface area contributed by atoms with Crippen LogP contribution in [0.1, 0.15) is 12.8 Å². The molecule has 2 aliphatic rings. The Kier molecular flexibility index (Phi) is 3.90. The summed E-state index contributed by atoms with van der Waals surface area (Å²) in [6.45, 7) is 0.341. The highest BCUT2D eigenvalue weighted by Crippen LogP contribution is 2.25. The van der Waals surface area contributed by atoms with Crippen molar-refractivity contribution in [1.82, 2.24) is 5.32 Å². The molecule has 1 aromatic carbocycles. The van der Waals surface area contributed by atoms with Gasteiger partial charge in [-0.15, -0.1) is 0 Å². The largest absolute Gasteiger partial charge is 0.352 e. The van der Waals surface area contributed by atoms with Crippen LogP contribution < -0.4 is 10.2 Å². The van der Waals surface area contributed by atoms with Crippen LogP contribution in [0, 0.1) is 5.92 Å². The summed E-state index contributed by atoms with van der Waals surface area (Å²) in [5.74, 6) is -0.602. The number of hydrogen-bond acceptors (Lipinski definition) is 4. The molecule has 0 saturated carbocycles. The Labute approximate surface area is 129 Å². The molecule has 1 N–H and O–H groups in total. The van der Waals surface area contributed by atoms with E-state index in [1.54, 1.807) is 4.90 Å². The molecule has 6 nitrogen and oxygen atoms in total. The highest BCUT2D eigenvalue weighted by molar-refractivity contribution is 7.91. The third kappa shape index (κ3) is 3.14. The van der Waals surface area contributed by atoms with Crippen molar-refractivity contribution in [3.8, 4) is 0 Å². The molecule has 118 valence electrons. The topological polar surface area (TPSA) is 83.5 Å². The average molecular weight is 322 g/mol. The molecular formula is C15H18N2O4S. The second-order valence-corrected chi connectivity index (χ2v) is 8.08. The molecule has 0 radical (unpaired) electrons. The zero-order chi connectivity index (χ0) is 15.7. The van der Waals surface area contributed by atoms with E-state index in [0.717, 1.165) is 5.69 Å². The second-order valence-electron chi connectivity index (χ2n) is 5.85. The van der Waals surface area contributed by atoms with Crippen LogP contribution in [0.3, 0.4) is 0 Å². The van der Waals surface area contributed by atoms with Crippen molar-refractivity contribution in [3.63, 3.8) is 0 Å². The Balaban J connectivity index is 1.62. The summed E-state index contributed by atoms with van der Waals surface area (Å²) < 4.78 is 22.8. The molecule has 2 fully saturated rings. The number of sulfone groups is 1. The van der Waals surface area contributed by atoms with Gasteiger partial charge in [0.15, 0.2) is 9.84 Å². The Morgan fingerprint density at radius 1 is 1.23 bits per heavy atom. The number of anilines is 1. The van der Waals surface area contributed by atoms with Crippen molar-refractivity contribution < 1.29 is 18.0 Å². The van der Waals surface area contributed by atoms with Crippen molar-refractivity contribution in [3.05, 3.63) is 30.3 Å². The van der Waals surface area contributed by atoms with Gasteiger partial charge in [-0.25, -0.2) is 8.42 Å². The molecule has 0 aromatic heterocycles. The Bertz CT molecular complexity index is 687. The smallest absolute Gasteiger partial charge is 0.227 e. The van der Waals surface area contributed by atoms with E-state index >= 15 is 0 Å². The van der Waals surface area contributed by atoms with Crippen LogP contribution in [-0.2, 0) is 19.4 Å². The number of carbonyl (C=O) groups is 2. The van der Waals surface area contributed by atoms with Gasteiger partial charge in [0, 0.05) is 24.7 Å². The number of nitrogens with zero attached hydrogens (tertiary/aromatic N) is 1. The number of rotatable bonds is 3. The number of hydrogen-bond donors (Lipinski definition) is 1. The lowest BCUT2D eigenvalue weighted by Gasteiger charge is -2.17. The van der Waals surface area contributed by atoms with Crippen molar-refractivity contribution in [2.45, 2.75) is 18.9 Å². The van der Waals surface area contributed by atoms with Crippen LogP contribution in [0.15, 0.2) is 30.3 Å². The number of nitrogens with one attached hydrogen (secondary N) is 1. The van der Waals surface area contributed by atoms with Gasteiger partial charge < -0.3 is 10.2 Å². The van der Waals surface area contributed by atoms with Gasteiger partial charge in [-0.2, -0.15) is 0 Å². The first-order valence-corrected chi connectivity index (χ1v) is 9.13. The number of para-hydroxylation sites is 1.